The highest BCUT2D eigenvalue weighted by Crippen LogP contribution is 2.20. The Morgan fingerprint density at radius 2 is 2.19 bits per heavy atom. The van der Waals surface area contributed by atoms with E-state index in [1.54, 1.807) is 6.07 Å². The number of halogens is 2. The van der Waals surface area contributed by atoms with Crippen LogP contribution in [0.5, 0.6) is 0 Å². The zero-order chi connectivity index (χ0) is 11.5. The molecule has 0 aliphatic carbocycles. The van der Waals surface area contributed by atoms with Crippen LogP contribution in [-0.2, 0) is 13.6 Å². The van der Waals surface area contributed by atoms with E-state index in [-0.39, 0.29) is 5.82 Å². The third-order valence-corrected chi connectivity index (χ3v) is 2.67. The highest BCUT2D eigenvalue weighted by molar-refractivity contribution is 6.30. The fraction of sp³-hybridized carbons (Fsp3) is 0.167. The molecule has 0 unspecified atom stereocenters. The molecule has 1 aromatic carbocycles. The molecule has 0 radical (unpaired) electrons. The number of hydrogen-bond donors (Lipinski definition) is 1. The van der Waals surface area contributed by atoms with Gasteiger partial charge in [-0.3, -0.25) is 0 Å². The van der Waals surface area contributed by atoms with E-state index in [0.29, 0.717) is 17.3 Å². The average Bonchev–Trinajstić information content (AvgIpc) is 2.66. The lowest BCUT2D eigenvalue weighted by atomic mass is 10.3. The van der Waals surface area contributed by atoms with E-state index in [0.717, 1.165) is 5.69 Å². The lowest BCUT2D eigenvalue weighted by Crippen LogP contribution is -2.05. The molecule has 1 heterocycles. The Bertz CT molecular complexity index is 494. The Kier molecular flexibility index (Phi) is 3.15. The third-order valence-electron chi connectivity index (χ3n) is 2.44. The Balaban J connectivity index is 2.10. The van der Waals surface area contributed by atoms with Gasteiger partial charge in [-0.15, -0.1) is 0 Å². The zero-order valence-corrected chi connectivity index (χ0v) is 9.63. The van der Waals surface area contributed by atoms with Crippen molar-refractivity contribution in [2.75, 3.05) is 5.32 Å². The van der Waals surface area contributed by atoms with Gasteiger partial charge in [0, 0.05) is 24.0 Å². The van der Waals surface area contributed by atoms with Gasteiger partial charge in [0.2, 0.25) is 0 Å². The zero-order valence-electron chi connectivity index (χ0n) is 8.87. The van der Waals surface area contributed by atoms with Crippen molar-refractivity contribution in [1.82, 2.24) is 4.57 Å². The minimum Gasteiger partial charge on any atom is -0.377 e. The summed E-state index contributed by atoms with van der Waals surface area (Å²) in [5.41, 5.74) is 1.51. The number of hydrogen-bond acceptors (Lipinski definition) is 1. The van der Waals surface area contributed by atoms with Crippen LogP contribution in [-0.4, -0.2) is 4.57 Å². The SMILES string of the molecule is Cn1cccc1CNc1cc(Cl)ccc1F. The molecule has 0 amide bonds. The van der Waals surface area contributed by atoms with E-state index in [2.05, 4.69) is 5.32 Å². The molecule has 0 saturated heterocycles. The Labute approximate surface area is 98.7 Å². The summed E-state index contributed by atoms with van der Waals surface area (Å²) >= 11 is 5.80. The molecule has 2 nitrogen and oxygen atoms in total. The summed E-state index contributed by atoms with van der Waals surface area (Å²) in [5, 5.41) is 3.54. The minimum atomic E-state index is -0.293. The highest BCUT2D eigenvalue weighted by atomic mass is 35.5. The summed E-state index contributed by atoms with van der Waals surface area (Å²) in [4.78, 5) is 0. The monoisotopic (exact) mass is 238 g/mol. The summed E-state index contributed by atoms with van der Waals surface area (Å²) in [6.07, 6.45) is 1.95. The number of nitrogens with zero attached hydrogens (tertiary/aromatic N) is 1. The molecule has 0 fully saturated rings. The smallest absolute Gasteiger partial charge is 0.146 e. The number of aromatic nitrogens is 1. The quantitative estimate of drug-likeness (QED) is 0.867. The van der Waals surface area contributed by atoms with Crippen LogP contribution >= 0.6 is 11.6 Å². The van der Waals surface area contributed by atoms with Gasteiger partial charge in [-0.25, -0.2) is 4.39 Å². The van der Waals surface area contributed by atoms with Gasteiger partial charge in [0.1, 0.15) is 5.82 Å². The van der Waals surface area contributed by atoms with Crippen LogP contribution in [0.15, 0.2) is 36.5 Å². The number of anilines is 1. The standard InChI is InChI=1S/C12H12ClFN2/c1-16-6-2-3-10(16)8-15-12-7-9(13)4-5-11(12)14/h2-7,15H,8H2,1H3. The molecular formula is C12H12ClFN2. The number of rotatable bonds is 3. The van der Waals surface area contributed by atoms with E-state index >= 15 is 0 Å². The van der Waals surface area contributed by atoms with Crippen LogP contribution in [0.25, 0.3) is 0 Å². The van der Waals surface area contributed by atoms with Crippen molar-refractivity contribution in [2.45, 2.75) is 6.54 Å². The van der Waals surface area contributed by atoms with Crippen molar-refractivity contribution in [3.05, 3.63) is 53.1 Å². The van der Waals surface area contributed by atoms with Gasteiger partial charge >= 0.3 is 0 Å². The number of aryl methyl sites for hydroxylation is 1. The first-order valence-corrected chi connectivity index (χ1v) is 5.34. The summed E-state index contributed by atoms with van der Waals surface area (Å²) in [5.74, 6) is -0.293. The van der Waals surface area contributed by atoms with Crippen LogP contribution in [0, 0.1) is 5.82 Å². The van der Waals surface area contributed by atoms with Crippen LogP contribution in [0.3, 0.4) is 0 Å². The van der Waals surface area contributed by atoms with Crippen molar-refractivity contribution >= 4 is 17.3 Å². The predicted octanol–water partition coefficient (Wildman–Crippen LogP) is 3.43. The van der Waals surface area contributed by atoms with Gasteiger partial charge in [0.25, 0.3) is 0 Å². The molecule has 0 spiro atoms. The molecule has 0 aliphatic rings. The number of nitrogens with one attached hydrogen (secondary N) is 1. The molecular weight excluding hydrogens is 227 g/mol. The van der Waals surface area contributed by atoms with Crippen LogP contribution < -0.4 is 5.32 Å². The van der Waals surface area contributed by atoms with E-state index in [1.807, 2.05) is 29.9 Å². The van der Waals surface area contributed by atoms with Gasteiger partial charge < -0.3 is 9.88 Å². The summed E-state index contributed by atoms with van der Waals surface area (Å²) < 4.78 is 15.4. The maximum Gasteiger partial charge on any atom is 0.146 e. The Morgan fingerprint density at radius 3 is 2.88 bits per heavy atom. The van der Waals surface area contributed by atoms with E-state index in [1.165, 1.54) is 12.1 Å². The van der Waals surface area contributed by atoms with E-state index < -0.39 is 0 Å². The second-order valence-electron chi connectivity index (χ2n) is 3.59. The topological polar surface area (TPSA) is 17.0 Å². The van der Waals surface area contributed by atoms with E-state index in [9.17, 15) is 4.39 Å². The molecule has 4 heteroatoms. The first-order valence-electron chi connectivity index (χ1n) is 4.96. The predicted molar refractivity (Wildman–Crippen MR) is 64.1 cm³/mol. The van der Waals surface area contributed by atoms with Crippen molar-refractivity contribution in [3.8, 4) is 0 Å². The van der Waals surface area contributed by atoms with Gasteiger partial charge in [-0.05, 0) is 30.3 Å². The molecule has 0 saturated carbocycles. The molecule has 16 heavy (non-hydrogen) atoms. The second kappa shape index (κ2) is 4.58. The first kappa shape index (κ1) is 11.0. The Morgan fingerprint density at radius 1 is 1.38 bits per heavy atom. The molecule has 0 aliphatic heterocycles. The van der Waals surface area contributed by atoms with Crippen molar-refractivity contribution in [3.63, 3.8) is 0 Å². The Hall–Kier alpha value is -1.48. The molecule has 1 aromatic heterocycles. The van der Waals surface area contributed by atoms with Crippen molar-refractivity contribution < 1.29 is 4.39 Å². The molecule has 0 bridgehead atoms. The fourth-order valence-electron chi connectivity index (χ4n) is 1.50. The average molecular weight is 239 g/mol. The van der Waals surface area contributed by atoms with E-state index in [4.69, 9.17) is 11.6 Å². The first-order chi connectivity index (χ1) is 7.66. The van der Waals surface area contributed by atoms with Crippen molar-refractivity contribution in [1.29, 1.82) is 0 Å². The van der Waals surface area contributed by atoms with Crippen LogP contribution in [0.4, 0.5) is 10.1 Å². The summed E-state index contributed by atoms with van der Waals surface area (Å²) in [6, 6.07) is 8.40. The van der Waals surface area contributed by atoms with Gasteiger partial charge in [0.05, 0.1) is 12.2 Å². The van der Waals surface area contributed by atoms with Gasteiger partial charge in [0.15, 0.2) is 0 Å². The highest BCUT2D eigenvalue weighted by Gasteiger charge is 2.03. The summed E-state index contributed by atoms with van der Waals surface area (Å²) in [7, 11) is 1.95. The maximum absolute atomic E-state index is 13.4. The summed E-state index contributed by atoms with van der Waals surface area (Å²) in [6.45, 7) is 0.570. The second-order valence-corrected chi connectivity index (χ2v) is 4.02. The normalized spacial score (nSPS) is 10.4. The largest absolute Gasteiger partial charge is 0.377 e. The third kappa shape index (κ3) is 2.36. The molecule has 2 aromatic rings. The molecule has 0 atom stereocenters. The van der Waals surface area contributed by atoms with Gasteiger partial charge in [-0.2, -0.15) is 0 Å². The van der Waals surface area contributed by atoms with Crippen LogP contribution in [0.1, 0.15) is 5.69 Å². The van der Waals surface area contributed by atoms with Crippen molar-refractivity contribution in [2.24, 2.45) is 7.05 Å². The van der Waals surface area contributed by atoms with Gasteiger partial charge in [-0.1, -0.05) is 11.6 Å². The number of benzene rings is 1. The molecule has 84 valence electrons. The minimum absolute atomic E-state index is 0.293. The fourth-order valence-corrected chi connectivity index (χ4v) is 1.67. The molecule has 2 rings (SSSR count). The maximum atomic E-state index is 13.4. The lowest BCUT2D eigenvalue weighted by molar-refractivity contribution is 0.629. The van der Waals surface area contributed by atoms with Crippen LogP contribution in [0.2, 0.25) is 5.02 Å². The molecule has 1 N–H and O–H groups in total. The lowest BCUT2D eigenvalue weighted by Gasteiger charge is -2.08.